The standard InChI is InChI=1S/C14H21N3O2/c1-8(2)15-11-6-7-17-12-9(13(11)18)4-3-5-10(12)16-14(17)19/h5,8,11,13,15,18H,3-4,6-7H2,1-2H3,(H,16,19)/t11-,13-/m1/s1. The fourth-order valence-corrected chi connectivity index (χ4v) is 3.25. The highest BCUT2D eigenvalue weighted by atomic mass is 16.3. The van der Waals surface area contributed by atoms with Crippen LogP contribution in [0.5, 0.6) is 0 Å². The van der Waals surface area contributed by atoms with Gasteiger partial charge in [-0.2, -0.15) is 0 Å². The molecule has 0 radical (unpaired) electrons. The van der Waals surface area contributed by atoms with Crippen LogP contribution in [-0.4, -0.2) is 32.8 Å². The van der Waals surface area contributed by atoms with Crippen LogP contribution < -0.4 is 21.7 Å². The van der Waals surface area contributed by atoms with Gasteiger partial charge in [0.25, 0.3) is 0 Å². The summed E-state index contributed by atoms with van der Waals surface area (Å²) in [6.07, 6.45) is 4.04. The molecule has 1 aromatic heterocycles. The third-order valence-corrected chi connectivity index (χ3v) is 4.03. The summed E-state index contributed by atoms with van der Waals surface area (Å²) in [5.74, 6) is 0. The Morgan fingerprint density at radius 3 is 3.05 bits per heavy atom. The summed E-state index contributed by atoms with van der Waals surface area (Å²) >= 11 is 0. The maximum atomic E-state index is 12.0. The normalized spacial score (nSPS) is 26.0. The van der Waals surface area contributed by atoms with Crippen LogP contribution in [0.25, 0.3) is 11.6 Å². The minimum Gasteiger partial charge on any atom is -0.387 e. The van der Waals surface area contributed by atoms with Gasteiger partial charge in [0.1, 0.15) is 0 Å². The van der Waals surface area contributed by atoms with E-state index in [1.807, 2.05) is 0 Å². The Kier molecular flexibility index (Phi) is 3.11. The van der Waals surface area contributed by atoms with Gasteiger partial charge in [0.05, 0.1) is 16.8 Å². The van der Waals surface area contributed by atoms with E-state index in [9.17, 15) is 9.90 Å². The molecule has 5 nitrogen and oxygen atoms in total. The van der Waals surface area contributed by atoms with Gasteiger partial charge < -0.3 is 15.4 Å². The molecule has 19 heavy (non-hydrogen) atoms. The van der Waals surface area contributed by atoms with Crippen molar-refractivity contribution in [2.24, 2.45) is 0 Å². The molecule has 0 fully saturated rings. The van der Waals surface area contributed by atoms with Gasteiger partial charge in [-0.05, 0) is 24.8 Å². The Labute approximate surface area is 111 Å². The first-order chi connectivity index (χ1) is 9.08. The molecule has 0 amide bonds. The molecule has 0 bridgehead atoms. The Morgan fingerprint density at radius 1 is 1.53 bits per heavy atom. The number of aromatic amines is 1. The SMILES string of the molecule is CC(C)N[C@@H]1CCn2c(=O)[nH]c3c2=C(CCC=3)[C@H]1O. The lowest BCUT2D eigenvalue weighted by Crippen LogP contribution is -2.45. The maximum absolute atomic E-state index is 12.0. The Morgan fingerprint density at radius 2 is 2.32 bits per heavy atom. The van der Waals surface area contributed by atoms with Gasteiger partial charge in [0.2, 0.25) is 0 Å². The van der Waals surface area contributed by atoms with Gasteiger partial charge in [0, 0.05) is 18.6 Å². The van der Waals surface area contributed by atoms with Crippen molar-refractivity contribution >= 4 is 11.6 Å². The van der Waals surface area contributed by atoms with E-state index in [1.165, 1.54) is 0 Å². The zero-order valence-electron chi connectivity index (χ0n) is 11.4. The number of aliphatic hydroxyl groups is 1. The van der Waals surface area contributed by atoms with Crippen molar-refractivity contribution < 1.29 is 5.11 Å². The highest BCUT2D eigenvalue weighted by Crippen LogP contribution is 2.19. The summed E-state index contributed by atoms with van der Waals surface area (Å²) in [6, 6.07) is 0.353. The molecule has 1 aliphatic carbocycles. The van der Waals surface area contributed by atoms with Crippen molar-refractivity contribution in [1.29, 1.82) is 0 Å². The Balaban J connectivity index is 2.14. The highest BCUT2D eigenvalue weighted by molar-refractivity contribution is 5.53. The van der Waals surface area contributed by atoms with E-state index in [-0.39, 0.29) is 11.7 Å². The van der Waals surface area contributed by atoms with Crippen LogP contribution in [0.3, 0.4) is 0 Å². The molecule has 0 saturated carbocycles. The molecule has 2 aliphatic rings. The number of aromatic nitrogens is 2. The number of aliphatic hydroxyl groups excluding tert-OH is 1. The topological polar surface area (TPSA) is 70.0 Å². The molecule has 1 aromatic rings. The first kappa shape index (κ1) is 12.7. The smallest absolute Gasteiger partial charge is 0.326 e. The molecule has 0 aromatic carbocycles. The van der Waals surface area contributed by atoms with E-state index in [1.54, 1.807) is 4.57 Å². The van der Waals surface area contributed by atoms with Crippen molar-refractivity contribution in [3.05, 3.63) is 21.2 Å². The number of hydrogen-bond acceptors (Lipinski definition) is 3. The fraction of sp³-hybridized carbons (Fsp3) is 0.643. The number of nitrogens with one attached hydrogen (secondary N) is 2. The largest absolute Gasteiger partial charge is 0.387 e. The monoisotopic (exact) mass is 263 g/mol. The lowest BCUT2D eigenvalue weighted by Gasteiger charge is -2.26. The molecule has 104 valence electrons. The quantitative estimate of drug-likeness (QED) is 0.643. The molecule has 2 heterocycles. The second-order valence-electron chi connectivity index (χ2n) is 5.77. The summed E-state index contributed by atoms with van der Waals surface area (Å²) < 4.78 is 1.78. The van der Waals surface area contributed by atoms with Crippen molar-refractivity contribution in [2.75, 3.05) is 0 Å². The molecule has 0 unspecified atom stereocenters. The Bertz CT molecular complexity index is 653. The fourth-order valence-electron chi connectivity index (χ4n) is 3.25. The van der Waals surface area contributed by atoms with Gasteiger partial charge >= 0.3 is 5.69 Å². The number of rotatable bonds is 2. The highest BCUT2D eigenvalue weighted by Gasteiger charge is 2.29. The summed E-state index contributed by atoms with van der Waals surface area (Å²) in [7, 11) is 0. The number of imidazole rings is 1. The maximum Gasteiger partial charge on any atom is 0.326 e. The van der Waals surface area contributed by atoms with Crippen LogP contribution in [0, 0.1) is 0 Å². The van der Waals surface area contributed by atoms with Gasteiger partial charge in [-0.1, -0.05) is 19.9 Å². The average molecular weight is 263 g/mol. The van der Waals surface area contributed by atoms with Crippen LogP contribution in [0.4, 0.5) is 0 Å². The third-order valence-electron chi connectivity index (χ3n) is 4.03. The third kappa shape index (κ3) is 2.07. The number of hydrogen-bond donors (Lipinski definition) is 3. The summed E-state index contributed by atoms with van der Waals surface area (Å²) in [5.41, 5.74) is 0.949. The summed E-state index contributed by atoms with van der Waals surface area (Å²) in [4.78, 5) is 14.9. The van der Waals surface area contributed by atoms with Gasteiger partial charge in [-0.25, -0.2) is 4.79 Å². The lowest BCUT2D eigenvalue weighted by molar-refractivity contribution is 0.165. The minimum atomic E-state index is -0.501. The molecular formula is C14H21N3O2. The van der Waals surface area contributed by atoms with Crippen LogP contribution in [0.15, 0.2) is 4.79 Å². The van der Waals surface area contributed by atoms with Crippen LogP contribution >= 0.6 is 0 Å². The van der Waals surface area contributed by atoms with E-state index in [2.05, 4.69) is 30.2 Å². The molecule has 0 saturated heterocycles. The molecule has 5 heteroatoms. The predicted molar refractivity (Wildman–Crippen MR) is 74.1 cm³/mol. The van der Waals surface area contributed by atoms with E-state index in [0.717, 1.165) is 35.5 Å². The second-order valence-corrected chi connectivity index (χ2v) is 5.77. The number of nitrogens with zero attached hydrogens (tertiary/aromatic N) is 1. The zero-order valence-corrected chi connectivity index (χ0v) is 11.4. The van der Waals surface area contributed by atoms with Crippen LogP contribution in [0.2, 0.25) is 0 Å². The number of H-pyrrole nitrogens is 1. The van der Waals surface area contributed by atoms with Gasteiger partial charge in [-0.15, -0.1) is 0 Å². The second kappa shape index (κ2) is 4.65. The molecule has 2 atom stereocenters. The van der Waals surface area contributed by atoms with Gasteiger partial charge in [0.15, 0.2) is 0 Å². The summed E-state index contributed by atoms with van der Waals surface area (Å²) in [6.45, 7) is 4.81. The Hall–Kier alpha value is -1.33. The van der Waals surface area contributed by atoms with Crippen LogP contribution in [0.1, 0.15) is 33.1 Å². The molecule has 0 spiro atoms. The first-order valence-electron chi connectivity index (χ1n) is 7.04. The summed E-state index contributed by atoms with van der Waals surface area (Å²) in [5, 5.41) is 15.9. The van der Waals surface area contributed by atoms with Crippen molar-refractivity contribution in [1.82, 2.24) is 14.9 Å². The van der Waals surface area contributed by atoms with Crippen molar-refractivity contribution in [3.63, 3.8) is 0 Å². The first-order valence-corrected chi connectivity index (χ1v) is 7.04. The predicted octanol–water partition coefficient (Wildman–Crippen LogP) is -0.967. The molecule has 3 rings (SSSR count). The average Bonchev–Trinajstić information content (AvgIpc) is 2.61. The lowest BCUT2D eigenvalue weighted by atomic mass is 9.94. The molecule has 1 aliphatic heterocycles. The minimum absolute atomic E-state index is 0.0280. The molecular weight excluding hydrogens is 242 g/mol. The van der Waals surface area contributed by atoms with E-state index >= 15 is 0 Å². The van der Waals surface area contributed by atoms with E-state index < -0.39 is 6.10 Å². The van der Waals surface area contributed by atoms with Crippen molar-refractivity contribution in [2.45, 2.75) is 57.8 Å². The van der Waals surface area contributed by atoms with E-state index in [4.69, 9.17) is 0 Å². The van der Waals surface area contributed by atoms with Crippen molar-refractivity contribution in [3.8, 4) is 0 Å². The van der Waals surface area contributed by atoms with E-state index in [0.29, 0.717) is 12.6 Å². The van der Waals surface area contributed by atoms with Gasteiger partial charge in [-0.3, -0.25) is 4.57 Å². The van der Waals surface area contributed by atoms with Crippen LogP contribution in [-0.2, 0) is 6.54 Å². The zero-order chi connectivity index (χ0) is 13.6. The molecule has 3 N–H and O–H groups in total.